The van der Waals surface area contributed by atoms with E-state index in [1.807, 2.05) is 36.4 Å². The van der Waals surface area contributed by atoms with Gasteiger partial charge in [-0.15, -0.1) is 11.8 Å². The summed E-state index contributed by atoms with van der Waals surface area (Å²) in [6.45, 7) is 0. The average Bonchev–Trinajstić information content (AvgIpc) is 3.00. The van der Waals surface area contributed by atoms with E-state index in [-0.39, 0.29) is 0 Å². The second kappa shape index (κ2) is 7.32. The third-order valence-corrected chi connectivity index (χ3v) is 4.52. The van der Waals surface area contributed by atoms with Gasteiger partial charge in [0.1, 0.15) is 5.03 Å². The molecule has 1 N–H and O–H groups in total. The van der Waals surface area contributed by atoms with Gasteiger partial charge in [-0.2, -0.15) is 10.4 Å². The Morgan fingerprint density at radius 2 is 1.83 bits per heavy atom. The Morgan fingerprint density at radius 1 is 1.09 bits per heavy atom. The number of nitrogens with one attached hydrogen (secondary N) is 1. The highest BCUT2D eigenvalue weighted by atomic mass is 35.5. The minimum absolute atomic E-state index is 0.490. The van der Waals surface area contributed by atoms with Crippen molar-refractivity contribution in [1.29, 1.82) is 5.26 Å². The van der Waals surface area contributed by atoms with Crippen LogP contribution < -0.4 is 0 Å². The van der Waals surface area contributed by atoms with Crippen molar-refractivity contribution >= 4 is 23.4 Å². The van der Waals surface area contributed by atoms with Gasteiger partial charge in [-0.3, -0.25) is 10.1 Å². The summed E-state index contributed by atoms with van der Waals surface area (Å²) in [6, 6.07) is 13.7. The maximum Gasteiger partial charge on any atom is 0.126 e. The van der Waals surface area contributed by atoms with E-state index >= 15 is 0 Å². The first-order valence-electron chi connectivity index (χ1n) is 7.04. The summed E-state index contributed by atoms with van der Waals surface area (Å²) in [7, 11) is 0. The summed E-state index contributed by atoms with van der Waals surface area (Å²) in [6.07, 6.45) is 4.01. The van der Waals surface area contributed by atoms with Crippen LogP contribution in [0.2, 0.25) is 5.02 Å². The maximum atomic E-state index is 8.73. The van der Waals surface area contributed by atoms with Gasteiger partial charge in [-0.25, -0.2) is 0 Å². The second-order valence-corrected chi connectivity index (χ2v) is 6.30. The minimum atomic E-state index is 0.490. The van der Waals surface area contributed by atoms with E-state index in [1.165, 1.54) is 0 Å². The van der Waals surface area contributed by atoms with Crippen molar-refractivity contribution in [3.63, 3.8) is 0 Å². The molecule has 0 atom stereocenters. The van der Waals surface area contributed by atoms with Crippen LogP contribution in [-0.2, 0) is 0 Å². The molecule has 3 aromatic rings. The number of H-pyrrole nitrogens is 1. The van der Waals surface area contributed by atoms with Crippen LogP contribution in [-0.4, -0.2) is 20.9 Å². The van der Waals surface area contributed by atoms with Crippen LogP contribution in [0, 0.1) is 11.3 Å². The number of hydrogen-bond donors (Lipinski definition) is 1. The summed E-state index contributed by atoms with van der Waals surface area (Å²) < 4.78 is 0. The van der Waals surface area contributed by atoms with Crippen LogP contribution >= 0.6 is 23.4 Å². The van der Waals surface area contributed by atoms with Gasteiger partial charge in [0.05, 0.1) is 11.8 Å². The van der Waals surface area contributed by atoms with Crippen molar-refractivity contribution in [2.75, 3.05) is 5.75 Å². The van der Waals surface area contributed by atoms with Gasteiger partial charge < -0.3 is 0 Å². The Bertz CT molecular complexity index is 822. The summed E-state index contributed by atoms with van der Waals surface area (Å²) in [5.74, 6) is 0.708. The molecule has 6 heteroatoms. The molecule has 0 aliphatic carbocycles. The van der Waals surface area contributed by atoms with E-state index in [4.69, 9.17) is 16.9 Å². The molecule has 0 aliphatic heterocycles. The predicted molar refractivity (Wildman–Crippen MR) is 93.2 cm³/mol. The summed E-state index contributed by atoms with van der Waals surface area (Å²) in [5.41, 5.74) is 4.02. The third kappa shape index (κ3) is 3.55. The van der Waals surface area contributed by atoms with Gasteiger partial charge >= 0.3 is 0 Å². The minimum Gasteiger partial charge on any atom is -0.276 e. The number of pyridine rings is 1. The molecule has 0 spiro atoms. The first-order chi connectivity index (χ1) is 11.3. The summed E-state index contributed by atoms with van der Waals surface area (Å²) in [5, 5.41) is 17.9. The van der Waals surface area contributed by atoms with Crippen LogP contribution in [0.4, 0.5) is 0 Å². The number of nitriles is 1. The SMILES string of the molecule is N#CCCSc1n[nH]c(-c2ccc(Cl)cc2)c1-c1ccncc1. The smallest absolute Gasteiger partial charge is 0.126 e. The molecule has 114 valence electrons. The molecular weight excluding hydrogens is 328 g/mol. The largest absolute Gasteiger partial charge is 0.276 e. The molecule has 0 amide bonds. The molecule has 2 heterocycles. The molecule has 0 saturated carbocycles. The quantitative estimate of drug-likeness (QED) is 0.535. The fourth-order valence-electron chi connectivity index (χ4n) is 2.24. The number of hydrogen-bond acceptors (Lipinski definition) is 4. The molecular formula is C17H13ClN4S. The molecule has 2 aromatic heterocycles. The lowest BCUT2D eigenvalue weighted by atomic mass is 10.0. The van der Waals surface area contributed by atoms with Crippen molar-refractivity contribution in [1.82, 2.24) is 15.2 Å². The fraction of sp³-hybridized carbons (Fsp3) is 0.118. The summed E-state index contributed by atoms with van der Waals surface area (Å²) in [4.78, 5) is 4.08. The number of thioether (sulfide) groups is 1. The predicted octanol–water partition coefficient (Wildman–Crippen LogP) is 4.80. The normalized spacial score (nSPS) is 10.4. The molecule has 0 aliphatic rings. The van der Waals surface area contributed by atoms with E-state index in [0.29, 0.717) is 17.2 Å². The highest BCUT2D eigenvalue weighted by Gasteiger charge is 2.17. The number of aromatic nitrogens is 3. The number of aromatic amines is 1. The van der Waals surface area contributed by atoms with E-state index in [0.717, 1.165) is 27.4 Å². The molecule has 3 rings (SSSR count). The Balaban J connectivity index is 2.06. The van der Waals surface area contributed by atoms with Gasteiger partial charge in [0.2, 0.25) is 0 Å². The highest BCUT2D eigenvalue weighted by molar-refractivity contribution is 7.99. The first kappa shape index (κ1) is 15.6. The van der Waals surface area contributed by atoms with Gasteiger partial charge in [0, 0.05) is 40.7 Å². The van der Waals surface area contributed by atoms with Crippen LogP contribution in [0.15, 0.2) is 53.8 Å². The number of halogens is 1. The Labute approximate surface area is 143 Å². The van der Waals surface area contributed by atoms with Gasteiger partial charge in [-0.1, -0.05) is 23.7 Å². The molecule has 0 saturated heterocycles. The Kier molecular flexibility index (Phi) is 4.96. The molecule has 4 nitrogen and oxygen atoms in total. The molecule has 0 radical (unpaired) electrons. The zero-order chi connectivity index (χ0) is 16.1. The van der Waals surface area contributed by atoms with Crippen molar-refractivity contribution in [3.8, 4) is 28.5 Å². The van der Waals surface area contributed by atoms with Crippen LogP contribution in [0.3, 0.4) is 0 Å². The lowest BCUT2D eigenvalue weighted by Gasteiger charge is -2.06. The van der Waals surface area contributed by atoms with Crippen LogP contribution in [0.5, 0.6) is 0 Å². The average molecular weight is 341 g/mol. The maximum absolute atomic E-state index is 8.73. The van der Waals surface area contributed by atoms with Crippen LogP contribution in [0.1, 0.15) is 6.42 Å². The molecule has 1 aromatic carbocycles. The monoisotopic (exact) mass is 340 g/mol. The lowest BCUT2D eigenvalue weighted by molar-refractivity contribution is 1.01. The van der Waals surface area contributed by atoms with Crippen molar-refractivity contribution in [3.05, 3.63) is 53.8 Å². The third-order valence-electron chi connectivity index (χ3n) is 3.29. The van der Waals surface area contributed by atoms with E-state index < -0.39 is 0 Å². The zero-order valence-electron chi connectivity index (χ0n) is 12.2. The number of nitrogens with zero attached hydrogens (tertiary/aromatic N) is 3. The lowest BCUT2D eigenvalue weighted by Crippen LogP contribution is -1.85. The number of benzene rings is 1. The molecule has 0 unspecified atom stereocenters. The highest BCUT2D eigenvalue weighted by Crippen LogP contribution is 2.38. The van der Waals surface area contributed by atoms with Gasteiger partial charge in [0.25, 0.3) is 0 Å². The van der Waals surface area contributed by atoms with Crippen molar-refractivity contribution < 1.29 is 0 Å². The topological polar surface area (TPSA) is 65.4 Å². The van der Waals surface area contributed by atoms with Crippen molar-refractivity contribution in [2.24, 2.45) is 0 Å². The van der Waals surface area contributed by atoms with E-state index in [1.54, 1.807) is 24.2 Å². The van der Waals surface area contributed by atoms with E-state index in [2.05, 4.69) is 21.3 Å². The standard InChI is InChI=1S/C17H13ClN4S/c18-14-4-2-13(3-5-14)16-15(12-6-9-20-10-7-12)17(22-21-16)23-11-1-8-19/h2-7,9-10H,1,11H2,(H,21,22). The number of rotatable bonds is 5. The fourth-order valence-corrected chi connectivity index (χ4v) is 3.22. The van der Waals surface area contributed by atoms with Gasteiger partial charge in [-0.05, 0) is 29.8 Å². The molecule has 0 bridgehead atoms. The second-order valence-electron chi connectivity index (χ2n) is 4.78. The Hall–Kier alpha value is -2.29. The van der Waals surface area contributed by atoms with Crippen LogP contribution in [0.25, 0.3) is 22.4 Å². The summed E-state index contributed by atoms with van der Waals surface area (Å²) >= 11 is 7.55. The molecule has 0 fully saturated rings. The van der Waals surface area contributed by atoms with E-state index in [9.17, 15) is 0 Å². The zero-order valence-corrected chi connectivity index (χ0v) is 13.7. The molecule has 23 heavy (non-hydrogen) atoms. The van der Waals surface area contributed by atoms with Gasteiger partial charge in [0.15, 0.2) is 0 Å². The van der Waals surface area contributed by atoms with Crippen molar-refractivity contribution in [2.45, 2.75) is 11.4 Å². The Morgan fingerprint density at radius 3 is 2.52 bits per heavy atom. The first-order valence-corrected chi connectivity index (χ1v) is 8.40.